The molecule has 0 amide bonds. The summed E-state index contributed by atoms with van der Waals surface area (Å²) in [5.41, 5.74) is 5.94. The zero-order chi connectivity index (χ0) is 28.9. The number of carbonyl (C=O) groups excluding carboxylic acids is 1. The monoisotopic (exact) mass is 573 g/mol. The maximum atomic E-state index is 12.8. The number of esters is 1. The molecular formula is C35H27NO5S. The smallest absolute Gasteiger partial charge is 0.326 e. The van der Waals surface area contributed by atoms with Crippen LogP contribution >= 0.6 is 0 Å². The Bertz CT molecular complexity index is 1930. The van der Waals surface area contributed by atoms with Gasteiger partial charge < -0.3 is 9.15 Å². The number of rotatable bonds is 9. The van der Waals surface area contributed by atoms with Crippen molar-refractivity contribution in [1.82, 2.24) is 4.72 Å². The highest BCUT2D eigenvalue weighted by molar-refractivity contribution is 7.89. The van der Waals surface area contributed by atoms with E-state index in [1.54, 1.807) is 42.5 Å². The maximum absolute atomic E-state index is 12.8. The number of para-hydroxylation sites is 2. The van der Waals surface area contributed by atoms with Crippen LogP contribution in [0.15, 0.2) is 143 Å². The van der Waals surface area contributed by atoms with Crippen molar-refractivity contribution < 1.29 is 22.4 Å². The average molecular weight is 574 g/mol. The number of fused-ring (bicyclic) bond motifs is 1. The van der Waals surface area contributed by atoms with E-state index < -0.39 is 22.5 Å². The van der Waals surface area contributed by atoms with E-state index >= 15 is 0 Å². The van der Waals surface area contributed by atoms with Crippen molar-refractivity contribution in [3.63, 3.8) is 0 Å². The van der Waals surface area contributed by atoms with Gasteiger partial charge in [-0.3, -0.25) is 4.79 Å². The van der Waals surface area contributed by atoms with E-state index in [4.69, 9.17) is 9.15 Å². The summed E-state index contributed by atoms with van der Waals surface area (Å²) in [6.07, 6.45) is 0.681. The van der Waals surface area contributed by atoms with E-state index in [-0.39, 0.29) is 4.90 Å². The van der Waals surface area contributed by atoms with E-state index in [1.807, 2.05) is 48.5 Å². The summed E-state index contributed by atoms with van der Waals surface area (Å²) in [7, 11) is -3.90. The van der Waals surface area contributed by atoms with Gasteiger partial charge in [0.1, 0.15) is 23.6 Å². The van der Waals surface area contributed by atoms with Gasteiger partial charge in [0.25, 0.3) is 0 Å². The van der Waals surface area contributed by atoms with Crippen LogP contribution in [-0.4, -0.2) is 20.9 Å². The van der Waals surface area contributed by atoms with Gasteiger partial charge in [0.2, 0.25) is 10.0 Å². The second kappa shape index (κ2) is 11.9. The van der Waals surface area contributed by atoms with Crippen LogP contribution in [0.5, 0.6) is 5.75 Å². The fourth-order valence-corrected chi connectivity index (χ4v) is 5.84. The molecule has 42 heavy (non-hydrogen) atoms. The summed E-state index contributed by atoms with van der Waals surface area (Å²) >= 11 is 0. The maximum Gasteiger partial charge on any atom is 0.326 e. The average Bonchev–Trinajstić information content (AvgIpc) is 3.39. The molecule has 6 nitrogen and oxygen atoms in total. The van der Waals surface area contributed by atoms with Crippen LogP contribution in [0.3, 0.4) is 0 Å². The molecule has 0 aliphatic carbocycles. The van der Waals surface area contributed by atoms with E-state index in [0.29, 0.717) is 12.2 Å². The van der Waals surface area contributed by atoms with Gasteiger partial charge in [0.15, 0.2) is 0 Å². The van der Waals surface area contributed by atoms with Crippen LogP contribution in [0.25, 0.3) is 33.2 Å². The Morgan fingerprint density at radius 1 is 0.667 bits per heavy atom. The van der Waals surface area contributed by atoms with Crippen molar-refractivity contribution in [3.05, 3.63) is 145 Å². The molecule has 0 spiro atoms. The fourth-order valence-electron chi connectivity index (χ4n) is 4.87. The van der Waals surface area contributed by atoms with Crippen LogP contribution < -0.4 is 9.46 Å². The van der Waals surface area contributed by atoms with E-state index in [2.05, 4.69) is 35.1 Å². The van der Waals surface area contributed by atoms with Gasteiger partial charge in [0.05, 0.1) is 4.90 Å². The zero-order valence-electron chi connectivity index (χ0n) is 22.6. The molecule has 7 heteroatoms. The number of sulfonamides is 1. The minimum absolute atomic E-state index is 0.0609. The van der Waals surface area contributed by atoms with E-state index in [1.165, 1.54) is 17.7 Å². The number of ether oxygens (including phenoxy) is 1. The number of furan rings is 1. The lowest BCUT2D eigenvalue weighted by atomic mass is 9.96. The lowest BCUT2D eigenvalue weighted by Crippen LogP contribution is -2.31. The second-order valence-corrected chi connectivity index (χ2v) is 11.5. The predicted molar refractivity (Wildman–Crippen MR) is 164 cm³/mol. The molecule has 6 rings (SSSR count). The van der Waals surface area contributed by atoms with Crippen LogP contribution in [0.2, 0.25) is 0 Å². The molecule has 0 fully saturated rings. The third-order valence-corrected chi connectivity index (χ3v) is 8.35. The normalized spacial score (nSPS) is 11.4. The third kappa shape index (κ3) is 6.02. The molecule has 208 valence electrons. The van der Waals surface area contributed by atoms with Gasteiger partial charge in [0, 0.05) is 17.4 Å². The largest absolute Gasteiger partial charge is 0.460 e. The third-order valence-electron chi connectivity index (χ3n) is 6.93. The van der Waals surface area contributed by atoms with Crippen molar-refractivity contribution in [3.8, 4) is 28.0 Å². The van der Waals surface area contributed by atoms with E-state index in [9.17, 15) is 13.2 Å². The van der Waals surface area contributed by atoms with Gasteiger partial charge >= 0.3 is 5.97 Å². The standard InChI is InChI=1S/C35H27NO5S/c37-34(40-29-11-5-2-6-12-29)24-36-42(38,39)30-21-19-27(20-22-30)26-15-17-28(18-16-26)35-31-13-7-8-14-32(31)41-33(35)23-25-9-3-1-4-10-25/h1-22,36H,23-24H2. The molecule has 0 atom stereocenters. The number of nitrogens with one attached hydrogen (secondary N) is 1. The highest BCUT2D eigenvalue weighted by Crippen LogP contribution is 2.37. The Balaban J connectivity index is 1.18. The predicted octanol–water partition coefficient (Wildman–Crippen LogP) is 7.24. The zero-order valence-corrected chi connectivity index (χ0v) is 23.4. The highest BCUT2D eigenvalue weighted by atomic mass is 32.2. The van der Waals surface area contributed by atoms with Crippen LogP contribution in [0.1, 0.15) is 11.3 Å². The quantitative estimate of drug-likeness (QED) is 0.146. The molecule has 0 unspecified atom stereocenters. The minimum atomic E-state index is -3.90. The molecule has 0 saturated carbocycles. The van der Waals surface area contributed by atoms with Crippen LogP contribution in [-0.2, 0) is 21.2 Å². The Morgan fingerprint density at radius 2 is 1.24 bits per heavy atom. The Morgan fingerprint density at radius 3 is 1.93 bits per heavy atom. The number of carbonyl (C=O) groups is 1. The molecule has 1 aromatic heterocycles. The van der Waals surface area contributed by atoms with Gasteiger partial charge in [-0.15, -0.1) is 0 Å². The summed E-state index contributed by atoms with van der Waals surface area (Å²) in [6, 6.07) is 41.5. The first-order valence-corrected chi connectivity index (χ1v) is 15.0. The van der Waals surface area contributed by atoms with E-state index in [0.717, 1.165) is 39.0 Å². The molecule has 5 aromatic carbocycles. The first-order chi connectivity index (χ1) is 20.5. The summed E-state index contributed by atoms with van der Waals surface area (Å²) in [5, 5.41) is 1.06. The molecule has 0 bridgehead atoms. The van der Waals surface area contributed by atoms with Gasteiger partial charge in [-0.25, -0.2) is 8.42 Å². The molecule has 1 N–H and O–H groups in total. The second-order valence-electron chi connectivity index (χ2n) is 9.77. The van der Waals surface area contributed by atoms with Gasteiger partial charge in [-0.05, 0) is 52.6 Å². The molecule has 0 radical (unpaired) electrons. The lowest BCUT2D eigenvalue weighted by Gasteiger charge is -2.09. The Labute approximate surface area is 244 Å². The van der Waals surface area contributed by atoms with Crippen molar-refractivity contribution in [1.29, 1.82) is 0 Å². The van der Waals surface area contributed by atoms with Crippen molar-refractivity contribution in [2.24, 2.45) is 0 Å². The first-order valence-electron chi connectivity index (χ1n) is 13.5. The Kier molecular flexibility index (Phi) is 7.68. The SMILES string of the molecule is O=C(CNS(=O)(=O)c1ccc(-c2ccc(-c3c(Cc4ccccc4)oc4ccccc34)cc2)cc1)Oc1ccccc1. The van der Waals surface area contributed by atoms with Crippen LogP contribution in [0.4, 0.5) is 0 Å². The van der Waals surface area contributed by atoms with Crippen molar-refractivity contribution in [2.45, 2.75) is 11.3 Å². The summed E-state index contributed by atoms with van der Waals surface area (Å²) < 4.78 is 39.3. The molecule has 0 aliphatic rings. The molecule has 0 saturated heterocycles. The fraction of sp³-hybridized carbons (Fsp3) is 0.0571. The van der Waals surface area contributed by atoms with Gasteiger partial charge in [-0.1, -0.05) is 103 Å². The van der Waals surface area contributed by atoms with Crippen molar-refractivity contribution in [2.75, 3.05) is 6.54 Å². The molecule has 6 aromatic rings. The van der Waals surface area contributed by atoms with Gasteiger partial charge in [-0.2, -0.15) is 4.72 Å². The topological polar surface area (TPSA) is 85.6 Å². The summed E-state index contributed by atoms with van der Waals surface area (Å²) in [6.45, 7) is -0.477. The summed E-state index contributed by atoms with van der Waals surface area (Å²) in [4.78, 5) is 12.1. The highest BCUT2D eigenvalue weighted by Gasteiger charge is 2.18. The molecular weight excluding hydrogens is 546 g/mol. The Hall–Kier alpha value is -4.98. The minimum Gasteiger partial charge on any atom is -0.460 e. The van der Waals surface area contributed by atoms with Crippen LogP contribution in [0, 0.1) is 0 Å². The first kappa shape index (κ1) is 27.2. The molecule has 1 heterocycles. The number of hydrogen-bond acceptors (Lipinski definition) is 5. The number of hydrogen-bond donors (Lipinski definition) is 1. The number of benzene rings is 5. The summed E-state index contributed by atoms with van der Waals surface area (Å²) in [5.74, 6) is 0.564. The van der Waals surface area contributed by atoms with Crippen molar-refractivity contribution >= 4 is 27.0 Å². The lowest BCUT2D eigenvalue weighted by molar-refractivity contribution is -0.133. The molecule has 0 aliphatic heterocycles.